The summed E-state index contributed by atoms with van der Waals surface area (Å²) < 4.78 is 5.38. The van der Waals surface area contributed by atoms with E-state index < -0.39 is 0 Å². The second-order valence-corrected chi connectivity index (χ2v) is 4.45. The first kappa shape index (κ1) is 9.90. The van der Waals surface area contributed by atoms with E-state index in [-0.39, 0.29) is 0 Å². The van der Waals surface area contributed by atoms with Gasteiger partial charge in [-0.2, -0.15) is 0 Å². The number of hydrogen-bond acceptors (Lipinski definition) is 3. The number of halogens is 1. The molecule has 14 heavy (non-hydrogen) atoms. The fourth-order valence-electron chi connectivity index (χ4n) is 1.26. The first-order chi connectivity index (χ1) is 6.81. The van der Waals surface area contributed by atoms with Crippen molar-refractivity contribution in [1.82, 2.24) is 0 Å². The summed E-state index contributed by atoms with van der Waals surface area (Å²) in [5, 5.41) is 1.80. The van der Waals surface area contributed by atoms with Gasteiger partial charge in [-0.25, -0.2) is 0 Å². The maximum Gasteiger partial charge on any atom is 0.135 e. The Hall–Kier alpha value is -0.640. The van der Waals surface area contributed by atoms with E-state index in [0.29, 0.717) is 6.54 Å². The van der Waals surface area contributed by atoms with Crippen molar-refractivity contribution >= 4 is 34.3 Å². The Kier molecular flexibility index (Phi) is 3.01. The van der Waals surface area contributed by atoms with E-state index in [1.54, 1.807) is 18.0 Å². The van der Waals surface area contributed by atoms with Crippen molar-refractivity contribution < 1.29 is 4.42 Å². The number of rotatable bonds is 3. The summed E-state index contributed by atoms with van der Waals surface area (Å²) in [6.45, 7) is 0.665. The van der Waals surface area contributed by atoms with Crippen LogP contribution in [0.2, 0.25) is 5.02 Å². The van der Waals surface area contributed by atoms with E-state index in [0.717, 1.165) is 26.6 Å². The van der Waals surface area contributed by atoms with Gasteiger partial charge in [0.2, 0.25) is 0 Å². The molecule has 0 fully saturated rings. The number of nitrogens with two attached hydrogens (primary N) is 1. The maximum atomic E-state index is 5.91. The fraction of sp³-hybridized carbons (Fsp3) is 0.200. The van der Waals surface area contributed by atoms with Crippen molar-refractivity contribution in [2.45, 2.75) is 4.90 Å². The molecule has 0 radical (unpaired) electrons. The van der Waals surface area contributed by atoms with Crippen LogP contribution in [0.4, 0.5) is 0 Å². The zero-order chi connectivity index (χ0) is 9.97. The molecule has 2 aromatic rings. The highest BCUT2D eigenvalue weighted by molar-refractivity contribution is 7.99. The lowest BCUT2D eigenvalue weighted by Gasteiger charge is -1.95. The van der Waals surface area contributed by atoms with Crippen LogP contribution in [0.5, 0.6) is 0 Å². The van der Waals surface area contributed by atoms with Crippen LogP contribution in [0.1, 0.15) is 0 Å². The van der Waals surface area contributed by atoms with E-state index in [9.17, 15) is 0 Å². The molecule has 0 unspecified atom stereocenters. The van der Waals surface area contributed by atoms with Crippen molar-refractivity contribution in [1.29, 1.82) is 0 Å². The molecule has 0 aliphatic heterocycles. The second kappa shape index (κ2) is 4.26. The Balaban J connectivity index is 2.40. The van der Waals surface area contributed by atoms with Gasteiger partial charge in [0.1, 0.15) is 11.8 Å². The number of furan rings is 1. The zero-order valence-electron chi connectivity index (χ0n) is 7.50. The molecule has 2 nitrogen and oxygen atoms in total. The van der Waals surface area contributed by atoms with E-state index in [4.69, 9.17) is 21.8 Å². The summed E-state index contributed by atoms with van der Waals surface area (Å²) in [5.41, 5.74) is 6.31. The number of thioether (sulfide) groups is 1. The van der Waals surface area contributed by atoms with Crippen LogP contribution in [-0.4, -0.2) is 12.3 Å². The van der Waals surface area contributed by atoms with Crippen molar-refractivity contribution in [3.8, 4) is 0 Å². The van der Waals surface area contributed by atoms with Gasteiger partial charge in [-0.1, -0.05) is 11.6 Å². The van der Waals surface area contributed by atoms with Crippen LogP contribution in [0.15, 0.2) is 33.8 Å². The van der Waals surface area contributed by atoms with E-state index in [1.165, 1.54) is 0 Å². The molecule has 2 N–H and O–H groups in total. The highest BCUT2D eigenvalue weighted by Crippen LogP contribution is 2.31. The summed E-state index contributed by atoms with van der Waals surface area (Å²) in [4.78, 5) is 1.10. The molecule has 1 heterocycles. The van der Waals surface area contributed by atoms with Gasteiger partial charge in [0, 0.05) is 22.7 Å². The predicted molar refractivity (Wildman–Crippen MR) is 61.0 cm³/mol. The quantitative estimate of drug-likeness (QED) is 0.819. The molecule has 0 saturated heterocycles. The molecule has 0 saturated carbocycles. The fourth-order valence-corrected chi connectivity index (χ4v) is 2.20. The molecule has 0 aliphatic rings. The normalized spacial score (nSPS) is 11.0. The maximum absolute atomic E-state index is 5.91. The molecule has 4 heteroatoms. The second-order valence-electron chi connectivity index (χ2n) is 2.88. The lowest BCUT2D eigenvalue weighted by molar-refractivity contribution is 0.608. The molecule has 74 valence electrons. The minimum Gasteiger partial charge on any atom is -0.463 e. The Morgan fingerprint density at radius 1 is 1.43 bits per heavy atom. The van der Waals surface area contributed by atoms with E-state index in [2.05, 4.69) is 0 Å². The third-order valence-electron chi connectivity index (χ3n) is 1.88. The van der Waals surface area contributed by atoms with Crippen LogP contribution in [-0.2, 0) is 0 Å². The van der Waals surface area contributed by atoms with Gasteiger partial charge in [0.25, 0.3) is 0 Å². The van der Waals surface area contributed by atoms with E-state index in [1.807, 2.05) is 18.2 Å². The minimum absolute atomic E-state index is 0.665. The first-order valence-electron chi connectivity index (χ1n) is 4.31. The van der Waals surface area contributed by atoms with Gasteiger partial charge in [0.05, 0.1) is 4.90 Å². The topological polar surface area (TPSA) is 39.2 Å². The summed E-state index contributed by atoms with van der Waals surface area (Å²) in [6, 6.07) is 5.62. The Bertz CT molecular complexity index is 441. The minimum atomic E-state index is 0.665. The van der Waals surface area contributed by atoms with Gasteiger partial charge in [-0.15, -0.1) is 11.8 Å². The summed E-state index contributed by atoms with van der Waals surface area (Å²) >= 11 is 7.59. The lowest BCUT2D eigenvalue weighted by atomic mass is 10.3. The monoisotopic (exact) mass is 227 g/mol. The largest absolute Gasteiger partial charge is 0.463 e. The molecule has 0 atom stereocenters. The zero-order valence-corrected chi connectivity index (χ0v) is 9.07. The van der Waals surface area contributed by atoms with Crippen molar-refractivity contribution in [3.05, 3.63) is 29.5 Å². The standard InChI is InChI=1S/C10H10ClNOS/c11-7-1-2-9-8(5-7)10(6-13-9)14-4-3-12/h1-2,5-6H,3-4,12H2. The third kappa shape index (κ3) is 1.90. The molecule has 2 rings (SSSR count). The van der Waals surface area contributed by atoms with Crippen LogP contribution < -0.4 is 5.73 Å². The lowest BCUT2D eigenvalue weighted by Crippen LogP contribution is -2.00. The first-order valence-corrected chi connectivity index (χ1v) is 5.67. The van der Waals surface area contributed by atoms with Gasteiger partial charge in [-0.3, -0.25) is 0 Å². The molecule has 0 spiro atoms. The Labute approximate surface area is 91.4 Å². The van der Waals surface area contributed by atoms with Gasteiger partial charge in [0.15, 0.2) is 0 Å². The molecule has 0 amide bonds. The highest BCUT2D eigenvalue weighted by atomic mass is 35.5. The SMILES string of the molecule is NCCSc1coc2ccc(Cl)cc12. The summed E-state index contributed by atoms with van der Waals surface area (Å²) in [5.74, 6) is 0.890. The third-order valence-corrected chi connectivity index (χ3v) is 3.18. The number of benzene rings is 1. The van der Waals surface area contributed by atoms with Crippen LogP contribution in [0.3, 0.4) is 0 Å². The molecular formula is C10H10ClNOS. The highest BCUT2D eigenvalue weighted by Gasteiger charge is 2.05. The van der Waals surface area contributed by atoms with Crippen molar-refractivity contribution in [2.24, 2.45) is 5.73 Å². The number of fused-ring (bicyclic) bond motifs is 1. The van der Waals surface area contributed by atoms with E-state index >= 15 is 0 Å². The molecule has 0 bridgehead atoms. The smallest absolute Gasteiger partial charge is 0.135 e. The van der Waals surface area contributed by atoms with Crippen molar-refractivity contribution in [2.75, 3.05) is 12.3 Å². The van der Waals surface area contributed by atoms with Gasteiger partial charge >= 0.3 is 0 Å². The summed E-state index contributed by atoms with van der Waals surface area (Å²) in [6.07, 6.45) is 1.75. The molecule has 1 aromatic heterocycles. The predicted octanol–water partition coefficient (Wildman–Crippen LogP) is 3.14. The average Bonchev–Trinajstić information content (AvgIpc) is 2.57. The van der Waals surface area contributed by atoms with Crippen LogP contribution in [0.25, 0.3) is 11.0 Å². The molecule has 1 aromatic carbocycles. The van der Waals surface area contributed by atoms with Gasteiger partial charge in [-0.05, 0) is 18.2 Å². The average molecular weight is 228 g/mol. The number of hydrogen-bond donors (Lipinski definition) is 1. The van der Waals surface area contributed by atoms with Gasteiger partial charge < -0.3 is 10.2 Å². The molecule has 0 aliphatic carbocycles. The van der Waals surface area contributed by atoms with Crippen molar-refractivity contribution in [3.63, 3.8) is 0 Å². The Morgan fingerprint density at radius 3 is 3.07 bits per heavy atom. The van der Waals surface area contributed by atoms with Crippen LogP contribution in [0, 0.1) is 0 Å². The summed E-state index contributed by atoms with van der Waals surface area (Å²) in [7, 11) is 0. The molecular weight excluding hydrogens is 218 g/mol. The van der Waals surface area contributed by atoms with Crippen LogP contribution >= 0.6 is 23.4 Å². The Morgan fingerprint density at radius 2 is 2.29 bits per heavy atom.